The molecule has 0 bridgehead atoms. The van der Waals surface area contributed by atoms with Gasteiger partial charge in [-0.15, -0.1) is 0 Å². The van der Waals surface area contributed by atoms with Crippen LogP contribution in [0.3, 0.4) is 0 Å². The zero-order chi connectivity index (χ0) is 20.5. The molecule has 4 heterocycles. The number of ether oxygens (including phenoxy) is 1. The van der Waals surface area contributed by atoms with Crippen molar-refractivity contribution in [3.05, 3.63) is 65.9 Å². The zero-order valence-corrected chi connectivity index (χ0v) is 16.4. The molecule has 3 aromatic heterocycles. The third kappa shape index (κ3) is 3.57. The molecule has 1 aliphatic rings. The Kier molecular flexibility index (Phi) is 4.76. The predicted molar refractivity (Wildman–Crippen MR) is 113 cm³/mol. The van der Waals surface area contributed by atoms with Crippen LogP contribution in [-0.4, -0.2) is 33.4 Å². The topological polar surface area (TPSA) is 87.8 Å². The lowest BCUT2D eigenvalue weighted by Crippen LogP contribution is -2.31. The van der Waals surface area contributed by atoms with E-state index in [9.17, 15) is 4.39 Å². The SMILES string of the molecule is Cc1cc(-c2n[nH]c3cc(NCN[C@@H]4CCOc5cc(F)ccc54)ncc23)ccn1. The van der Waals surface area contributed by atoms with Gasteiger partial charge in [-0.2, -0.15) is 5.10 Å². The molecule has 4 aromatic rings. The molecule has 0 unspecified atom stereocenters. The highest BCUT2D eigenvalue weighted by Gasteiger charge is 2.21. The lowest BCUT2D eigenvalue weighted by Gasteiger charge is -2.27. The number of fused-ring (bicyclic) bond motifs is 2. The molecule has 1 aliphatic heterocycles. The Morgan fingerprint density at radius 3 is 3.03 bits per heavy atom. The first-order valence-electron chi connectivity index (χ1n) is 9.84. The maximum atomic E-state index is 13.4. The minimum Gasteiger partial charge on any atom is -0.493 e. The lowest BCUT2D eigenvalue weighted by molar-refractivity contribution is 0.253. The van der Waals surface area contributed by atoms with E-state index in [4.69, 9.17) is 4.74 Å². The third-order valence-corrected chi connectivity index (χ3v) is 5.25. The Balaban J connectivity index is 1.28. The van der Waals surface area contributed by atoms with Gasteiger partial charge in [-0.05, 0) is 25.1 Å². The largest absolute Gasteiger partial charge is 0.493 e. The highest BCUT2D eigenvalue weighted by atomic mass is 19.1. The first kappa shape index (κ1) is 18.5. The standard InChI is InChI=1S/C22H21FN6O/c1-13-8-14(4-6-24-13)22-17-11-25-21(10-19(17)28-29-22)27-12-26-18-5-7-30-20-9-15(23)2-3-16(18)20/h2-4,6,8-11,18,26H,5,7,12H2,1H3,(H,25,27)(H,28,29)/t18-/m1/s1. The van der Waals surface area contributed by atoms with Crippen LogP contribution in [0.25, 0.3) is 22.2 Å². The Morgan fingerprint density at radius 1 is 1.20 bits per heavy atom. The molecule has 0 saturated carbocycles. The molecule has 5 rings (SSSR count). The van der Waals surface area contributed by atoms with Crippen LogP contribution < -0.4 is 15.4 Å². The van der Waals surface area contributed by atoms with Crippen LogP contribution in [0.2, 0.25) is 0 Å². The van der Waals surface area contributed by atoms with Crippen molar-refractivity contribution in [2.45, 2.75) is 19.4 Å². The van der Waals surface area contributed by atoms with Crippen molar-refractivity contribution in [3.63, 3.8) is 0 Å². The summed E-state index contributed by atoms with van der Waals surface area (Å²) in [6.07, 6.45) is 4.42. The molecule has 0 spiro atoms. The van der Waals surface area contributed by atoms with E-state index in [-0.39, 0.29) is 11.9 Å². The first-order chi connectivity index (χ1) is 14.7. The smallest absolute Gasteiger partial charge is 0.129 e. The number of aromatic amines is 1. The molecular formula is C22H21FN6O. The number of nitrogens with zero attached hydrogens (tertiary/aromatic N) is 3. The number of hydrogen-bond donors (Lipinski definition) is 3. The highest BCUT2D eigenvalue weighted by molar-refractivity contribution is 5.93. The van der Waals surface area contributed by atoms with Gasteiger partial charge in [0.05, 0.1) is 18.8 Å². The van der Waals surface area contributed by atoms with Crippen molar-refractivity contribution in [1.82, 2.24) is 25.5 Å². The van der Waals surface area contributed by atoms with Gasteiger partial charge < -0.3 is 10.1 Å². The monoisotopic (exact) mass is 404 g/mol. The average Bonchev–Trinajstić information content (AvgIpc) is 3.17. The molecule has 0 radical (unpaired) electrons. The second kappa shape index (κ2) is 7.72. The summed E-state index contributed by atoms with van der Waals surface area (Å²) in [5.41, 5.74) is 4.69. The van der Waals surface area contributed by atoms with Crippen LogP contribution in [0.4, 0.5) is 10.2 Å². The molecule has 0 aliphatic carbocycles. The molecule has 7 nitrogen and oxygen atoms in total. The summed E-state index contributed by atoms with van der Waals surface area (Å²) >= 11 is 0. The first-order valence-corrected chi connectivity index (χ1v) is 9.84. The molecule has 8 heteroatoms. The van der Waals surface area contributed by atoms with E-state index >= 15 is 0 Å². The quantitative estimate of drug-likeness (QED) is 0.437. The van der Waals surface area contributed by atoms with Gasteiger partial charge >= 0.3 is 0 Å². The van der Waals surface area contributed by atoms with Gasteiger partial charge in [-0.1, -0.05) is 6.07 Å². The number of anilines is 1. The van der Waals surface area contributed by atoms with Crippen LogP contribution in [0.1, 0.15) is 23.7 Å². The summed E-state index contributed by atoms with van der Waals surface area (Å²) in [4.78, 5) is 8.76. The number of nitrogens with one attached hydrogen (secondary N) is 3. The third-order valence-electron chi connectivity index (χ3n) is 5.25. The van der Waals surface area contributed by atoms with Crippen molar-refractivity contribution >= 4 is 16.7 Å². The summed E-state index contributed by atoms with van der Waals surface area (Å²) in [5.74, 6) is 1.06. The zero-order valence-electron chi connectivity index (χ0n) is 16.4. The fourth-order valence-corrected chi connectivity index (χ4v) is 3.76. The number of aromatic nitrogens is 4. The summed E-state index contributed by atoms with van der Waals surface area (Å²) in [5, 5.41) is 15.2. The molecule has 0 amide bonds. The van der Waals surface area contributed by atoms with E-state index in [1.165, 1.54) is 12.1 Å². The predicted octanol–water partition coefficient (Wildman–Crippen LogP) is 3.95. The maximum absolute atomic E-state index is 13.4. The molecule has 0 saturated heterocycles. The normalized spacial score (nSPS) is 15.6. The number of H-pyrrole nitrogens is 1. The number of benzene rings is 1. The minimum atomic E-state index is -0.286. The van der Waals surface area contributed by atoms with Crippen LogP contribution in [0, 0.1) is 12.7 Å². The molecule has 152 valence electrons. The molecular weight excluding hydrogens is 383 g/mol. The van der Waals surface area contributed by atoms with Gasteiger partial charge in [0.15, 0.2) is 0 Å². The van der Waals surface area contributed by atoms with Crippen molar-refractivity contribution in [3.8, 4) is 17.0 Å². The van der Waals surface area contributed by atoms with Crippen molar-refractivity contribution in [2.75, 3.05) is 18.6 Å². The van der Waals surface area contributed by atoms with Crippen LogP contribution in [-0.2, 0) is 0 Å². The molecule has 30 heavy (non-hydrogen) atoms. The number of pyridine rings is 2. The fourth-order valence-electron chi connectivity index (χ4n) is 3.76. The summed E-state index contributed by atoms with van der Waals surface area (Å²) in [6, 6.07) is 10.7. The molecule has 1 aromatic carbocycles. The second-order valence-electron chi connectivity index (χ2n) is 7.30. The summed E-state index contributed by atoms with van der Waals surface area (Å²) in [6.45, 7) is 3.03. The molecule has 3 N–H and O–H groups in total. The van der Waals surface area contributed by atoms with Crippen LogP contribution in [0.5, 0.6) is 5.75 Å². The van der Waals surface area contributed by atoms with Gasteiger partial charge in [0.2, 0.25) is 0 Å². The summed E-state index contributed by atoms with van der Waals surface area (Å²) in [7, 11) is 0. The van der Waals surface area contributed by atoms with Gasteiger partial charge in [0.1, 0.15) is 23.1 Å². The van der Waals surface area contributed by atoms with Gasteiger partial charge in [-0.25, -0.2) is 9.37 Å². The van der Waals surface area contributed by atoms with Crippen molar-refractivity contribution < 1.29 is 9.13 Å². The highest BCUT2D eigenvalue weighted by Crippen LogP contribution is 2.32. The number of aryl methyl sites for hydroxylation is 1. The average molecular weight is 404 g/mol. The van der Waals surface area contributed by atoms with E-state index in [1.54, 1.807) is 12.3 Å². The van der Waals surface area contributed by atoms with E-state index in [1.807, 2.05) is 31.3 Å². The van der Waals surface area contributed by atoms with E-state index < -0.39 is 0 Å². The number of hydrogen-bond acceptors (Lipinski definition) is 6. The van der Waals surface area contributed by atoms with Crippen LogP contribution in [0.15, 0.2) is 48.8 Å². The summed E-state index contributed by atoms with van der Waals surface area (Å²) < 4.78 is 19.0. The van der Waals surface area contributed by atoms with E-state index in [0.717, 1.165) is 45.7 Å². The van der Waals surface area contributed by atoms with Gasteiger partial charge in [0, 0.05) is 59.2 Å². The Hall–Kier alpha value is -3.52. The van der Waals surface area contributed by atoms with E-state index in [2.05, 4.69) is 30.8 Å². The minimum absolute atomic E-state index is 0.0965. The number of halogens is 1. The lowest BCUT2D eigenvalue weighted by atomic mass is 10.0. The molecule has 1 atom stereocenters. The van der Waals surface area contributed by atoms with Crippen molar-refractivity contribution in [1.29, 1.82) is 0 Å². The van der Waals surface area contributed by atoms with Crippen molar-refractivity contribution in [2.24, 2.45) is 0 Å². The fraction of sp³-hybridized carbons (Fsp3) is 0.227. The number of rotatable bonds is 5. The Bertz CT molecular complexity index is 1210. The Morgan fingerprint density at radius 2 is 2.13 bits per heavy atom. The second-order valence-corrected chi connectivity index (χ2v) is 7.30. The Labute approximate surface area is 172 Å². The maximum Gasteiger partial charge on any atom is 0.129 e. The van der Waals surface area contributed by atoms with Gasteiger partial charge in [0.25, 0.3) is 0 Å². The van der Waals surface area contributed by atoms with Gasteiger partial charge in [-0.3, -0.25) is 15.4 Å². The molecule has 0 fully saturated rings. The van der Waals surface area contributed by atoms with E-state index in [0.29, 0.717) is 19.0 Å². The van der Waals surface area contributed by atoms with Crippen LogP contribution >= 0.6 is 0 Å².